The number of hydrogen-bond donors (Lipinski definition) is 1. The van der Waals surface area contributed by atoms with Crippen LogP contribution in [0.1, 0.15) is 0 Å². The van der Waals surface area contributed by atoms with Crippen LogP contribution in [0.15, 0.2) is 18.3 Å². The lowest BCUT2D eigenvalue weighted by molar-refractivity contribution is 0.474. The number of aromatic hydroxyl groups is 1. The number of aromatic nitrogens is 1. The summed E-state index contributed by atoms with van der Waals surface area (Å²) in [5, 5.41) is 8.61. The number of rotatable bonds is 0. The fourth-order valence-electron chi connectivity index (χ4n) is 0.388. The van der Waals surface area contributed by atoms with Gasteiger partial charge in [0.25, 0.3) is 0 Å². The van der Waals surface area contributed by atoms with Crippen molar-refractivity contribution in [3.8, 4) is 5.75 Å². The minimum Gasteiger partial charge on any atom is -0.504 e. The topological polar surface area (TPSA) is 55.4 Å². The Morgan fingerprint density at radius 3 is 2.75 bits per heavy atom. The Bertz CT molecular complexity index is 167. The van der Waals surface area contributed by atoms with E-state index in [4.69, 9.17) is 10.8 Å². The van der Waals surface area contributed by atoms with E-state index in [-0.39, 0.29) is 11.6 Å². The van der Waals surface area contributed by atoms with Gasteiger partial charge in [-0.1, -0.05) is 0 Å². The van der Waals surface area contributed by atoms with E-state index in [1.54, 1.807) is 0 Å². The largest absolute Gasteiger partial charge is 0.504 e. The third-order valence-corrected chi connectivity index (χ3v) is 0.766. The first-order valence-corrected chi connectivity index (χ1v) is 2.13. The van der Waals surface area contributed by atoms with Crippen molar-refractivity contribution in [1.82, 2.24) is 10.7 Å². The molecule has 0 aromatic carbocycles. The van der Waals surface area contributed by atoms with Crippen LogP contribution in [0.25, 0.3) is 0 Å². The van der Waals surface area contributed by atoms with Crippen molar-refractivity contribution in [3.05, 3.63) is 18.3 Å². The molecule has 40 valence electrons. The molecule has 0 atom stereocenters. The second-order valence-electron chi connectivity index (χ2n) is 1.35. The Morgan fingerprint density at radius 2 is 2.38 bits per heavy atom. The standard InChI is InChI=1S/C5H4N2O/c6-5-4(8)2-1-3-7-5/h1-3,8H. The van der Waals surface area contributed by atoms with E-state index in [1.807, 2.05) is 0 Å². The SMILES string of the molecule is [N]c1ncccc1O. The fraction of sp³-hybridized carbons (Fsp3) is 0. The van der Waals surface area contributed by atoms with Gasteiger partial charge in [-0.15, -0.1) is 5.73 Å². The van der Waals surface area contributed by atoms with Crippen molar-refractivity contribution in [1.29, 1.82) is 0 Å². The summed E-state index contributed by atoms with van der Waals surface area (Å²) in [6.45, 7) is 0. The van der Waals surface area contributed by atoms with Crippen LogP contribution >= 0.6 is 0 Å². The molecule has 0 spiro atoms. The molecule has 1 aromatic heterocycles. The molecule has 0 unspecified atom stereocenters. The molecule has 0 aliphatic heterocycles. The van der Waals surface area contributed by atoms with Crippen molar-refractivity contribution in [3.63, 3.8) is 0 Å². The maximum Gasteiger partial charge on any atom is 0.216 e. The Morgan fingerprint density at radius 1 is 1.62 bits per heavy atom. The van der Waals surface area contributed by atoms with Crippen LogP contribution in [0.4, 0.5) is 5.82 Å². The van der Waals surface area contributed by atoms with Gasteiger partial charge in [0.05, 0.1) is 0 Å². The maximum absolute atomic E-state index is 8.61. The molecule has 0 aliphatic rings. The van der Waals surface area contributed by atoms with E-state index in [9.17, 15) is 0 Å². The summed E-state index contributed by atoms with van der Waals surface area (Å²) in [6, 6.07) is 2.90. The molecule has 3 nitrogen and oxygen atoms in total. The van der Waals surface area contributed by atoms with Crippen molar-refractivity contribution in [2.75, 3.05) is 0 Å². The molecule has 1 heterocycles. The first-order valence-electron chi connectivity index (χ1n) is 2.13. The molecule has 0 saturated carbocycles. The van der Waals surface area contributed by atoms with Crippen LogP contribution in [0.5, 0.6) is 5.75 Å². The number of nitrogens with zero attached hydrogens (tertiary/aromatic N) is 2. The average molecular weight is 108 g/mol. The summed E-state index contributed by atoms with van der Waals surface area (Å²) < 4.78 is 0. The van der Waals surface area contributed by atoms with Crippen molar-refractivity contribution in [2.45, 2.75) is 0 Å². The van der Waals surface area contributed by atoms with Gasteiger partial charge in [-0.25, -0.2) is 4.98 Å². The molecular formula is C5H4N2O. The van der Waals surface area contributed by atoms with E-state index < -0.39 is 0 Å². The Kier molecular flexibility index (Phi) is 1.04. The second-order valence-corrected chi connectivity index (χ2v) is 1.35. The molecular weight excluding hydrogens is 104 g/mol. The predicted octanol–water partition coefficient (Wildman–Crippen LogP) is 0.487. The van der Waals surface area contributed by atoms with Crippen molar-refractivity contribution < 1.29 is 5.11 Å². The quantitative estimate of drug-likeness (QED) is 0.525. The van der Waals surface area contributed by atoms with Crippen LogP contribution in [-0.2, 0) is 0 Å². The van der Waals surface area contributed by atoms with Crippen molar-refractivity contribution >= 4 is 5.82 Å². The van der Waals surface area contributed by atoms with E-state index >= 15 is 0 Å². The highest BCUT2D eigenvalue weighted by molar-refractivity contribution is 5.39. The van der Waals surface area contributed by atoms with Gasteiger partial charge in [0.2, 0.25) is 5.82 Å². The zero-order valence-corrected chi connectivity index (χ0v) is 4.07. The molecule has 2 radical (unpaired) electrons. The lowest BCUT2D eigenvalue weighted by Gasteiger charge is -1.88. The highest BCUT2D eigenvalue weighted by Gasteiger charge is 1.92. The summed E-state index contributed by atoms with van der Waals surface area (Å²) in [4.78, 5) is 3.38. The monoisotopic (exact) mass is 108 g/mol. The van der Waals surface area contributed by atoms with E-state index in [1.165, 1.54) is 18.3 Å². The number of hydrogen-bond acceptors (Lipinski definition) is 2. The molecule has 1 N–H and O–H groups in total. The normalized spacial score (nSPS) is 9.00. The highest BCUT2D eigenvalue weighted by Crippen LogP contribution is 2.14. The summed E-state index contributed by atoms with van der Waals surface area (Å²) >= 11 is 0. The predicted molar refractivity (Wildman–Crippen MR) is 27.7 cm³/mol. The molecule has 0 bridgehead atoms. The molecule has 0 amide bonds. The molecule has 1 aromatic rings. The molecule has 0 saturated heterocycles. The molecule has 0 aliphatic carbocycles. The Hall–Kier alpha value is -1.25. The smallest absolute Gasteiger partial charge is 0.216 e. The third kappa shape index (κ3) is 0.703. The third-order valence-electron chi connectivity index (χ3n) is 0.766. The van der Waals surface area contributed by atoms with Crippen LogP contribution in [0.3, 0.4) is 0 Å². The summed E-state index contributed by atoms with van der Waals surface area (Å²) in [5.41, 5.74) is 8.56. The lowest BCUT2D eigenvalue weighted by Crippen LogP contribution is -1.74. The first kappa shape index (κ1) is 4.90. The minimum atomic E-state index is -0.326. The average Bonchev–Trinajstić information content (AvgIpc) is 1.77. The minimum absolute atomic E-state index is 0.187. The fourth-order valence-corrected chi connectivity index (χ4v) is 0.388. The first-order chi connectivity index (χ1) is 3.80. The summed E-state index contributed by atoms with van der Waals surface area (Å²) in [7, 11) is 0. The van der Waals surface area contributed by atoms with Crippen LogP contribution in [0, 0.1) is 0 Å². The lowest BCUT2D eigenvalue weighted by atomic mass is 10.4. The zero-order chi connectivity index (χ0) is 5.98. The molecule has 3 heteroatoms. The van der Waals surface area contributed by atoms with Gasteiger partial charge in [-0.2, -0.15) is 0 Å². The van der Waals surface area contributed by atoms with Gasteiger partial charge >= 0.3 is 0 Å². The molecule has 8 heavy (non-hydrogen) atoms. The van der Waals surface area contributed by atoms with Crippen LogP contribution < -0.4 is 5.73 Å². The van der Waals surface area contributed by atoms with Gasteiger partial charge in [-0.05, 0) is 12.1 Å². The van der Waals surface area contributed by atoms with E-state index in [2.05, 4.69) is 4.98 Å². The van der Waals surface area contributed by atoms with Crippen LogP contribution in [0.2, 0.25) is 0 Å². The summed E-state index contributed by atoms with van der Waals surface area (Å²) in [6.07, 6.45) is 1.40. The van der Waals surface area contributed by atoms with E-state index in [0.29, 0.717) is 0 Å². The Balaban J connectivity index is 3.13. The van der Waals surface area contributed by atoms with Gasteiger partial charge in [0, 0.05) is 6.20 Å². The van der Waals surface area contributed by atoms with Gasteiger partial charge in [0.1, 0.15) is 0 Å². The maximum atomic E-state index is 8.61. The van der Waals surface area contributed by atoms with Gasteiger partial charge < -0.3 is 5.11 Å². The van der Waals surface area contributed by atoms with E-state index in [0.717, 1.165) is 0 Å². The highest BCUT2D eigenvalue weighted by atomic mass is 16.3. The Labute approximate surface area is 46.8 Å². The molecule has 1 rings (SSSR count). The number of pyridine rings is 1. The van der Waals surface area contributed by atoms with Gasteiger partial charge in [-0.3, -0.25) is 0 Å². The van der Waals surface area contributed by atoms with Gasteiger partial charge in [0.15, 0.2) is 5.75 Å². The zero-order valence-electron chi connectivity index (χ0n) is 4.07. The second kappa shape index (κ2) is 1.69. The van der Waals surface area contributed by atoms with Crippen molar-refractivity contribution in [2.24, 2.45) is 0 Å². The van der Waals surface area contributed by atoms with Crippen LogP contribution in [-0.4, -0.2) is 10.1 Å². The summed E-state index contributed by atoms with van der Waals surface area (Å²) in [5.74, 6) is -0.514. The molecule has 0 fully saturated rings.